The van der Waals surface area contributed by atoms with E-state index in [-0.39, 0.29) is 11.0 Å². The van der Waals surface area contributed by atoms with Gasteiger partial charge in [-0.2, -0.15) is 0 Å². The zero-order chi connectivity index (χ0) is 17.4. The van der Waals surface area contributed by atoms with Crippen LogP contribution in [0.5, 0.6) is 5.75 Å². The Kier molecular flexibility index (Phi) is 7.31. The molecule has 2 aromatic rings. The summed E-state index contributed by atoms with van der Waals surface area (Å²) < 4.78 is 5.56. The molecule has 2 aromatic carbocycles. The van der Waals surface area contributed by atoms with Crippen LogP contribution in [0.1, 0.15) is 16.8 Å². The van der Waals surface area contributed by atoms with Crippen LogP contribution in [-0.4, -0.2) is 24.2 Å². The highest BCUT2D eigenvalue weighted by Crippen LogP contribution is 2.27. The van der Waals surface area contributed by atoms with Gasteiger partial charge in [0.2, 0.25) is 0 Å². The van der Waals surface area contributed by atoms with Crippen molar-refractivity contribution in [1.82, 2.24) is 10.6 Å². The number of benzene rings is 2. The largest absolute Gasteiger partial charge is 0.492 e. The number of rotatable bonds is 6. The molecule has 0 saturated heterocycles. The summed E-state index contributed by atoms with van der Waals surface area (Å²) in [6, 6.07) is 14.0. The summed E-state index contributed by atoms with van der Waals surface area (Å²) in [5.74, 6) is 0.346. The van der Waals surface area contributed by atoms with E-state index < -0.39 is 0 Å². The molecule has 2 N–H and O–H groups in total. The first kappa shape index (κ1) is 18.5. The van der Waals surface area contributed by atoms with Gasteiger partial charge < -0.3 is 10.1 Å². The summed E-state index contributed by atoms with van der Waals surface area (Å²) in [5, 5.41) is 6.91. The van der Waals surface area contributed by atoms with Gasteiger partial charge in [0.25, 0.3) is 5.91 Å². The summed E-state index contributed by atoms with van der Waals surface area (Å²) in [7, 11) is 0. The van der Waals surface area contributed by atoms with Crippen LogP contribution >= 0.6 is 35.4 Å². The average molecular weight is 383 g/mol. The highest BCUT2D eigenvalue weighted by atomic mass is 35.5. The zero-order valence-electron chi connectivity index (χ0n) is 12.7. The van der Waals surface area contributed by atoms with Crippen molar-refractivity contribution in [2.24, 2.45) is 0 Å². The van der Waals surface area contributed by atoms with Crippen molar-refractivity contribution in [3.05, 3.63) is 64.1 Å². The molecule has 0 aliphatic carbocycles. The lowest BCUT2D eigenvalue weighted by molar-refractivity contribution is 0.0976. The maximum Gasteiger partial charge on any atom is 0.257 e. The number of carbonyl (C=O) groups is 1. The van der Waals surface area contributed by atoms with Crippen LogP contribution in [0, 0.1) is 0 Å². The zero-order valence-corrected chi connectivity index (χ0v) is 15.0. The van der Waals surface area contributed by atoms with Crippen LogP contribution in [0.25, 0.3) is 0 Å². The van der Waals surface area contributed by atoms with Crippen LogP contribution in [0.2, 0.25) is 10.0 Å². The quantitative estimate of drug-likeness (QED) is 0.583. The van der Waals surface area contributed by atoms with Crippen LogP contribution in [0.15, 0.2) is 48.5 Å². The summed E-state index contributed by atoms with van der Waals surface area (Å²) in [6.45, 7) is 1.03. The molecule has 0 bridgehead atoms. The molecule has 0 saturated carbocycles. The Bertz CT molecular complexity index is 711. The maximum atomic E-state index is 11.9. The van der Waals surface area contributed by atoms with Crippen LogP contribution < -0.4 is 15.4 Å². The standard InChI is InChI=1S/C17H16Cl2N2O2S/c18-13-7-8-15(14(19)11-13)23-10-4-9-20-17(24)21-16(22)12-5-2-1-3-6-12/h1-3,5-8,11H,4,9-10H2,(H2,20,21,22,24). The van der Waals surface area contributed by atoms with E-state index >= 15 is 0 Å². The van der Waals surface area contributed by atoms with Gasteiger partial charge >= 0.3 is 0 Å². The van der Waals surface area contributed by atoms with E-state index in [0.29, 0.717) is 40.9 Å². The van der Waals surface area contributed by atoms with Crippen molar-refractivity contribution in [2.45, 2.75) is 6.42 Å². The topological polar surface area (TPSA) is 50.4 Å². The Labute approximate surface area is 156 Å². The highest BCUT2D eigenvalue weighted by Gasteiger charge is 2.06. The van der Waals surface area contributed by atoms with Crippen molar-refractivity contribution in [2.75, 3.05) is 13.2 Å². The normalized spacial score (nSPS) is 10.1. The predicted octanol–water partition coefficient (Wildman–Crippen LogP) is 4.07. The fourth-order valence-electron chi connectivity index (χ4n) is 1.86. The minimum absolute atomic E-state index is 0.239. The molecule has 0 heterocycles. The second-order valence-corrected chi connectivity index (χ2v) is 6.10. The molecular weight excluding hydrogens is 367 g/mol. The van der Waals surface area contributed by atoms with E-state index in [1.807, 2.05) is 6.07 Å². The van der Waals surface area contributed by atoms with E-state index in [1.54, 1.807) is 42.5 Å². The highest BCUT2D eigenvalue weighted by molar-refractivity contribution is 7.80. The number of halogens is 2. The summed E-state index contributed by atoms with van der Waals surface area (Å²) in [4.78, 5) is 11.9. The lowest BCUT2D eigenvalue weighted by Crippen LogP contribution is -2.39. The van der Waals surface area contributed by atoms with Gasteiger partial charge in [0.1, 0.15) is 5.75 Å². The second kappa shape index (κ2) is 9.47. The number of carbonyl (C=O) groups excluding carboxylic acids is 1. The first-order valence-corrected chi connectivity index (χ1v) is 8.45. The fraction of sp³-hybridized carbons (Fsp3) is 0.176. The third-order valence-corrected chi connectivity index (χ3v) is 3.80. The van der Waals surface area contributed by atoms with E-state index in [9.17, 15) is 4.79 Å². The molecular formula is C17H16Cl2N2O2S. The van der Waals surface area contributed by atoms with Crippen LogP contribution in [0.4, 0.5) is 0 Å². The molecule has 7 heteroatoms. The summed E-state index contributed by atoms with van der Waals surface area (Å²) >= 11 is 16.9. The number of hydrogen-bond acceptors (Lipinski definition) is 3. The van der Waals surface area contributed by atoms with Gasteiger partial charge in [-0.15, -0.1) is 0 Å². The van der Waals surface area contributed by atoms with Gasteiger partial charge in [0, 0.05) is 17.1 Å². The van der Waals surface area contributed by atoms with Crippen molar-refractivity contribution in [1.29, 1.82) is 0 Å². The molecule has 0 radical (unpaired) electrons. The average Bonchev–Trinajstić information content (AvgIpc) is 2.57. The Balaban J connectivity index is 1.65. The summed E-state index contributed by atoms with van der Waals surface area (Å²) in [6.07, 6.45) is 0.695. The van der Waals surface area contributed by atoms with Gasteiger partial charge in [0.05, 0.1) is 11.6 Å². The fourth-order valence-corrected chi connectivity index (χ4v) is 2.52. The van der Waals surface area contributed by atoms with Gasteiger partial charge in [-0.3, -0.25) is 10.1 Å². The van der Waals surface area contributed by atoms with E-state index in [2.05, 4.69) is 10.6 Å². The molecule has 1 amide bonds. The first-order valence-electron chi connectivity index (χ1n) is 7.28. The van der Waals surface area contributed by atoms with E-state index in [0.717, 1.165) is 0 Å². The molecule has 0 aliphatic rings. The van der Waals surface area contributed by atoms with Gasteiger partial charge in [-0.25, -0.2) is 0 Å². The number of amides is 1. The number of nitrogens with one attached hydrogen (secondary N) is 2. The third kappa shape index (κ3) is 6.00. The second-order valence-electron chi connectivity index (χ2n) is 4.85. The van der Waals surface area contributed by atoms with Gasteiger partial charge in [-0.05, 0) is 49.0 Å². The van der Waals surface area contributed by atoms with Crippen molar-refractivity contribution in [3.63, 3.8) is 0 Å². The summed E-state index contributed by atoms with van der Waals surface area (Å²) in [5.41, 5.74) is 0.558. The van der Waals surface area contributed by atoms with Crippen LogP contribution in [0.3, 0.4) is 0 Å². The molecule has 2 rings (SSSR count). The molecule has 0 unspecified atom stereocenters. The minimum atomic E-state index is -0.239. The minimum Gasteiger partial charge on any atom is -0.492 e. The Morgan fingerprint density at radius 2 is 1.88 bits per heavy atom. The molecule has 0 aliphatic heterocycles. The number of hydrogen-bond donors (Lipinski definition) is 2. The van der Waals surface area contributed by atoms with Crippen LogP contribution in [-0.2, 0) is 0 Å². The Hall–Kier alpha value is -1.82. The Morgan fingerprint density at radius 1 is 1.12 bits per heavy atom. The van der Waals surface area contributed by atoms with E-state index in [1.165, 1.54) is 0 Å². The molecule has 24 heavy (non-hydrogen) atoms. The number of thiocarbonyl (C=S) groups is 1. The van der Waals surface area contributed by atoms with E-state index in [4.69, 9.17) is 40.2 Å². The Morgan fingerprint density at radius 3 is 2.58 bits per heavy atom. The van der Waals surface area contributed by atoms with Gasteiger partial charge in [-0.1, -0.05) is 41.4 Å². The molecule has 4 nitrogen and oxygen atoms in total. The predicted molar refractivity (Wildman–Crippen MR) is 101 cm³/mol. The molecule has 0 aromatic heterocycles. The molecule has 0 atom stereocenters. The monoisotopic (exact) mass is 382 g/mol. The van der Waals surface area contributed by atoms with Crippen molar-refractivity contribution >= 4 is 46.4 Å². The SMILES string of the molecule is O=C(NC(=S)NCCCOc1ccc(Cl)cc1Cl)c1ccccc1. The maximum absolute atomic E-state index is 11.9. The van der Waals surface area contributed by atoms with Crippen molar-refractivity contribution < 1.29 is 9.53 Å². The lowest BCUT2D eigenvalue weighted by Gasteiger charge is -2.11. The first-order chi connectivity index (χ1) is 11.6. The molecule has 126 valence electrons. The molecule has 0 fully saturated rings. The number of ether oxygens (including phenoxy) is 1. The smallest absolute Gasteiger partial charge is 0.257 e. The van der Waals surface area contributed by atoms with Gasteiger partial charge in [0.15, 0.2) is 5.11 Å². The molecule has 0 spiro atoms. The van der Waals surface area contributed by atoms with Crippen molar-refractivity contribution in [3.8, 4) is 5.75 Å². The lowest BCUT2D eigenvalue weighted by atomic mass is 10.2. The third-order valence-electron chi connectivity index (χ3n) is 3.02.